The molecule has 0 radical (unpaired) electrons. The fourth-order valence-corrected chi connectivity index (χ4v) is 3.20. The number of halogens is 1. The molecule has 0 bridgehead atoms. The zero-order valence-corrected chi connectivity index (χ0v) is 16.1. The monoisotopic (exact) mass is 419 g/mol. The van der Waals surface area contributed by atoms with E-state index in [1.54, 1.807) is 13.0 Å². The summed E-state index contributed by atoms with van der Waals surface area (Å²) in [6, 6.07) is 14.0. The molecule has 8 heteroatoms. The van der Waals surface area contributed by atoms with Gasteiger partial charge >= 0.3 is 5.97 Å². The van der Waals surface area contributed by atoms with Gasteiger partial charge in [0.15, 0.2) is 5.76 Å². The minimum absolute atomic E-state index is 0.0174. The van der Waals surface area contributed by atoms with Crippen LogP contribution in [0.5, 0.6) is 11.5 Å². The molecule has 1 aliphatic rings. The first-order chi connectivity index (χ1) is 14.8. The molecule has 3 aromatic carbocycles. The van der Waals surface area contributed by atoms with E-state index in [9.17, 15) is 24.1 Å². The molecule has 0 aromatic heterocycles. The number of esters is 1. The number of allylic oxidation sites excluding steroid dienone is 1. The number of fused-ring (bicyclic) bond motifs is 1. The van der Waals surface area contributed by atoms with Gasteiger partial charge in [0.1, 0.15) is 17.3 Å². The van der Waals surface area contributed by atoms with Gasteiger partial charge in [0.2, 0.25) is 5.78 Å². The van der Waals surface area contributed by atoms with Crippen LogP contribution in [0.3, 0.4) is 0 Å². The number of nitro groups is 1. The number of aryl methyl sites for hydroxylation is 1. The Kier molecular flexibility index (Phi) is 5.04. The Balaban J connectivity index is 1.62. The van der Waals surface area contributed by atoms with Gasteiger partial charge in [-0.05, 0) is 42.3 Å². The minimum Gasteiger partial charge on any atom is -0.452 e. The fourth-order valence-electron chi connectivity index (χ4n) is 3.20. The summed E-state index contributed by atoms with van der Waals surface area (Å²) in [6.45, 7) is 1.65. The quantitative estimate of drug-likeness (QED) is 0.197. The first-order valence-corrected chi connectivity index (χ1v) is 9.13. The van der Waals surface area contributed by atoms with Crippen molar-refractivity contribution >= 4 is 23.5 Å². The second-order valence-corrected chi connectivity index (χ2v) is 6.77. The van der Waals surface area contributed by atoms with Crippen molar-refractivity contribution in [1.29, 1.82) is 0 Å². The number of carbonyl (C=O) groups excluding carboxylic acids is 2. The van der Waals surface area contributed by atoms with Crippen LogP contribution in [0.15, 0.2) is 66.4 Å². The van der Waals surface area contributed by atoms with Gasteiger partial charge in [-0.3, -0.25) is 14.9 Å². The Morgan fingerprint density at radius 2 is 1.90 bits per heavy atom. The number of rotatable bonds is 4. The highest BCUT2D eigenvalue weighted by Crippen LogP contribution is 2.38. The van der Waals surface area contributed by atoms with Crippen molar-refractivity contribution in [3.63, 3.8) is 0 Å². The number of benzene rings is 3. The lowest BCUT2D eigenvalue weighted by Gasteiger charge is -2.08. The van der Waals surface area contributed by atoms with Crippen LogP contribution in [0.4, 0.5) is 10.1 Å². The maximum absolute atomic E-state index is 13.8. The Bertz CT molecular complexity index is 1280. The molecule has 0 saturated carbocycles. The Labute approximate surface area is 175 Å². The zero-order valence-electron chi connectivity index (χ0n) is 16.1. The summed E-state index contributed by atoms with van der Waals surface area (Å²) in [5.41, 5.74) is 0.887. The van der Waals surface area contributed by atoms with Crippen molar-refractivity contribution in [3.05, 3.63) is 105 Å². The van der Waals surface area contributed by atoms with Gasteiger partial charge in [-0.2, -0.15) is 0 Å². The zero-order chi connectivity index (χ0) is 22.1. The summed E-state index contributed by atoms with van der Waals surface area (Å²) in [5, 5.41) is 10.9. The highest BCUT2D eigenvalue weighted by molar-refractivity contribution is 6.15. The summed E-state index contributed by atoms with van der Waals surface area (Å²) >= 11 is 0. The fraction of sp³-hybridized carbons (Fsp3) is 0.0435. The smallest absolute Gasteiger partial charge is 0.346 e. The van der Waals surface area contributed by atoms with Crippen LogP contribution in [0, 0.1) is 22.9 Å². The van der Waals surface area contributed by atoms with Crippen LogP contribution in [0.2, 0.25) is 0 Å². The Morgan fingerprint density at radius 3 is 2.65 bits per heavy atom. The van der Waals surface area contributed by atoms with Crippen molar-refractivity contribution in [2.45, 2.75) is 6.92 Å². The van der Waals surface area contributed by atoms with Gasteiger partial charge in [0.05, 0.1) is 16.1 Å². The molecule has 0 amide bonds. The summed E-state index contributed by atoms with van der Waals surface area (Å²) < 4.78 is 24.7. The molecule has 0 saturated heterocycles. The molecule has 0 unspecified atom stereocenters. The van der Waals surface area contributed by atoms with E-state index in [0.717, 1.165) is 6.07 Å². The third-order valence-electron chi connectivity index (χ3n) is 4.63. The van der Waals surface area contributed by atoms with E-state index in [1.807, 2.05) is 0 Å². The number of carbonyl (C=O) groups is 2. The number of ether oxygens (including phenoxy) is 2. The van der Waals surface area contributed by atoms with Crippen LogP contribution in [-0.2, 0) is 0 Å². The molecule has 4 rings (SSSR count). The molecule has 0 atom stereocenters. The molecule has 0 spiro atoms. The summed E-state index contributed by atoms with van der Waals surface area (Å²) in [7, 11) is 0. The number of nitro benzene ring substituents is 1. The largest absolute Gasteiger partial charge is 0.452 e. The van der Waals surface area contributed by atoms with E-state index in [0.29, 0.717) is 16.7 Å². The first-order valence-electron chi connectivity index (χ1n) is 9.13. The standard InChI is InChI=1S/C23H14FNO6/c1-13-9-16(30-23(27)17-7-2-3-8-18(17)24)12-19-21(13)22(26)20(31-19)11-14-5-4-6-15(10-14)25(28)29/h2-12H,1H3/b20-11-. The first kappa shape index (κ1) is 20.0. The third-order valence-corrected chi connectivity index (χ3v) is 4.63. The molecule has 31 heavy (non-hydrogen) atoms. The van der Waals surface area contributed by atoms with E-state index in [2.05, 4.69) is 0 Å². The van der Waals surface area contributed by atoms with Gasteiger partial charge in [-0.1, -0.05) is 24.3 Å². The van der Waals surface area contributed by atoms with E-state index < -0.39 is 22.5 Å². The number of hydrogen-bond acceptors (Lipinski definition) is 6. The molecule has 0 aliphatic carbocycles. The van der Waals surface area contributed by atoms with Crippen LogP contribution in [-0.4, -0.2) is 16.7 Å². The topological polar surface area (TPSA) is 95.7 Å². The molecule has 3 aromatic rings. The predicted molar refractivity (Wildman–Crippen MR) is 109 cm³/mol. The third kappa shape index (κ3) is 3.91. The van der Waals surface area contributed by atoms with E-state index in [-0.39, 0.29) is 28.5 Å². The van der Waals surface area contributed by atoms with Crippen molar-refractivity contribution in [1.82, 2.24) is 0 Å². The van der Waals surface area contributed by atoms with Crippen LogP contribution in [0.1, 0.15) is 31.8 Å². The Morgan fingerprint density at radius 1 is 1.13 bits per heavy atom. The SMILES string of the molecule is Cc1cc(OC(=O)c2ccccc2F)cc2c1C(=O)/C(=C/c1cccc([N+](=O)[O-])c1)O2. The number of non-ortho nitro benzene ring substituents is 1. The van der Waals surface area contributed by atoms with Crippen LogP contribution >= 0.6 is 0 Å². The number of nitrogens with zero attached hydrogens (tertiary/aromatic N) is 1. The van der Waals surface area contributed by atoms with Gasteiger partial charge in [0, 0.05) is 18.2 Å². The maximum atomic E-state index is 13.8. The van der Waals surface area contributed by atoms with E-state index in [4.69, 9.17) is 9.47 Å². The average Bonchev–Trinajstić information content (AvgIpc) is 3.04. The molecule has 154 valence electrons. The minimum atomic E-state index is -0.880. The van der Waals surface area contributed by atoms with Gasteiger partial charge in [-0.15, -0.1) is 0 Å². The summed E-state index contributed by atoms with van der Waals surface area (Å²) in [6.07, 6.45) is 1.40. The lowest BCUT2D eigenvalue weighted by Crippen LogP contribution is -2.10. The van der Waals surface area contributed by atoms with Gasteiger partial charge < -0.3 is 9.47 Å². The van der Waals surface area contributed by atoms with Crippen molar-refractivity contribution in [3.8, 4) is 11.5 Å². The maximum Gasteiger partial charge on any atom is 0.346 e. The van der Waals surface area contributed by atoms with Gasteiger partial charge in [0.25, 0.3) is 5.69 Å². The second-order valence-electron chi connectivity index (χ2n) is 6.77. The van der Waals surface area contributed by atoms with Gasteiger partial charge in [-0.25, -0.2) is 9.18 Å². The summed E-state index contributed by atoms with van der Waals surface area (Å²) in [5.74, 6) is -1.73. The molecular weight excluding hydrogens is 405 g/mol. The van der Waals surface area contributed by atoms with Crippen LogP contribution in [0.25, 0.3) is 6.08 Å². The number of hydrogen-bond donors (Lipinski definition) is 0. The highest BCUT2D eigenvalue weighted by atomic mass is 19.1. The normalized spacial score (nSPS) is 13.6. The van der Waals surface area contributed by atoms with Crippen molar-refractivity contribution in [2.24, 2.45) is 0 Å². The van der Waals surface area contributed by atoms with Crippen molar-refractivity contribution in [2.75, 3.05) is 0 Å². The Hall–Kier alpha value is -4.33. The summed E-state index contributed by atoms with van der Waals surface area (Å²) in [4.78, 5) is 35.4. The van der Waals surface area contributed by atoms with E-state index in [1.165, 1.54) is 54.6 Å². The second kappa shape index (κ2) is 7.83. The lowest BCUT2D eigenvalue weighted by molar-refractivity contribution is -0.384. The molecule has 0 fully saturated rings. The molecule has 1 heterocycles. The van der Waals surface area contributed by atoms with Crippen molar-refractivity contribution < 1.29 is 28.4 Å². The number of Topliss-reactive ketones (excluding diaryl/α,β-unsaturated/α-hetero) is 1. The number of ketones is 1. The molecular formula is C23H14FNO6. The molecule has 1 aliphatic heterocycles. The lowest BCUT2D eigenvalue weighted by atomic mass is 10.0. The molecule has 0 N–H and O–H groups in total. The predicted octanol–water partition coefficient (Wildman–Crippen LogP) is 4.88. The highest BCUT2D eigenvalue weighted by Gasteiger charge is 2.30. The average molecular weight is 419 g/mol. The van der Waals surface area contributed by atoms with Crippen LogP contribution < -0.4 is 9.47 Å². The molecule has 7 nitrogen and oxygen atoms in total. The van der Waals surface area contributed by atoms with E-state index >= 15 is 0 Å².